The molecule has 25 heavy (non-hydrogen) atoms. The van der Waals surface area contributed by atoms with Crippen LogP contribution in [0.25, 0.3) is 11.0 Å². The number of amides is 1. The van der Waals surface area contributed by atoms with Gasteiger partial charge in [0, 0.05) is 31.2 Å². The second kappa shape index (κ2) is 6.41. The van der Waals surface area contributed by atoms with E-state index >= 15 is 0 Å². The van der Waals surface area contributed by atoms with Gasteiger partial charge in [0.25, 0.3) is 5.91 Å². The Morgan fingerprint density at radius 3 is 2.76 bits per heavy atom. The SMILES string of the molecule is Cc1nn(C)c2nc(C3CC3)cc(C(=O)NC[C@H](C)N3CCCC3)c12. The fourth-order valence-corrected chi connectivity index (χ4v) is 3.88. The van der Waals surface area contributed by atoms with E-state index in [0.717, 1.165) is 41.1 Å². The van der Waals surface area contributed by atoms with E-state index in [4.69, 9.17) is 4.98 Å². The van der Waals surface area contributed by atoms with Crippen LogP contribution in [-0.2, 0) is 7.05 Å². The van der Waals surface area contributed by atoms with E-state index in [1.54, 1.807) is 4.68 Å². The molecule has 6 nitrogen and oxygen atoms in total. The molecule has 1 aliphatic heterocycles. The van der Waals surface area contributed by atoms with Crippen LogP contribution < -0.4 is 5.32 Å². The molecule has 1 N–H and O–H groups in total. The lowest BCUT2D eigenvalue weighted by atomic mass is 10.1. The average molecular weight is 341 g/mol. The first-order chi connectivity index (χ1) is 12.0. The van der Waals surface area contributed by atoms with Crippen LogP contribution in [0.5, 0.6) is 0 Å². The molecule has 0 aromatic carbocycles. The Bertz CT molecular complexity index is 802. The summed E-state index contributed by atoms with van der Waals surface area (Å²) in [7, 11) is 1.90. The number of rotatable bonds is 5. The van der Waals surface area contributed by atoms with E-state index in [0.29, 0.717) is 18.5 Å². The van der Waals surface area contributed by atoms with Crippen molar-refractivity contribution in [1.29, 1.82) is 0 Å². The van der Waals surface area contributed by atoms with Gasteiger partial charge in [0.1, 0.15) is 0 Å². The number of aryl methyl sites for hydroxylation is 2. The first kappa shape index (κ1) is 16.5. The van der Waals surface area contributed by atoms with E-state index in [9.17, 15) is 4.79 Å². The predicted molar refractivity (Wildman–Crippen MR) is 97.8 cm³/mol. The molecule has 1 atom stereocenters. The maximum atomic E-state index is 12.9. The fourth-order valence-electron chi connectivity index (χ4n) is 3.88. The second-order valence-corrected chi connectivity index (χ2v) is 7.58. The number of likely N-dealkylation sites (tertiary alicyclic amines) is 1. The highest BCUT2D eigenvalue weighted by molar-refractivity contribution is 6.06. The summed E-state index contributed by atoms with van der Waals surface area (Å²) in [6.45, 7) is 7.11. The minimum Gasteiger partial charge on any atom is -0.350 e. The highest BCUT2D eigenvalue weighted by Gasteiger charge is 2.28. The largest absolute Gasteiger partial charge is 0.350 e. The van der Waals surface area contributed by atoms with Crippen LogP contribution in [0.3, 0.4) is 0 Å². The van der Waals surface area contributed by atoms with Crippen molar-refractivity contribution in [3.05, 3.63) is 23.0 Å². The Morgan fingerprint density at radius 2 is 2.08 bits per heavy atom. The molecule has 6 heteroatoms. The topological polar surface area (TPSA) is 63.1 Å². The molecule has 0 radical (unpaired) electrons. The Hall–Kier alpha value is -1.95. The lowest BCUT2D eigenvalue weighted by Gasteiger charge is -2.24. The van der Waals surface area contributed by atoms with Crippen LogP contribution in [0.4, 0.5) is 0 Å². The van der Waals surface area contributed by atoms with Gasteiger partial charge in [-0.25, -0.2) is 4.98 Å². The van der Waals surface area contributed by atoms with Crippen LogP contribution in [0.15, 0.2) is 6.07 Å². The molecule has 2 aliphatic rings. The number of carbonyl (C=O) groups excluding carboxylic acids is 1. The van der Waals surface area contributed by atoms with Crippen molar-refractivity contribution in [3.8, 4) is 0 Å². The van der Waals surface area contributed by atoms with Crippen molar-refractivity contribution >= 4 is 16.9 Å². The lowest BCUT2D eigenvalue weighted by Crippen LogP contribution is -2.40. The molecule has 1 amide bonds. The Kier molecular flexibility index (Phi) is 4.23. The highest BCUT2D eigenvalue weighted by Crippen LogP contribution is 2.40. The van der Waals surface area contributed by atoms with Gasteiger partial charge in [-0.1, -0.05) is 0 Å². The summed E-state index contributed by atoms with van der Waals surface area (Å²) in [5.41, 5.74) is 3.45. The smallest absolute Gasteiger partial charge is 0.252 e. The van der Waals surface area contributed by atoms with Crippen LogP contribution >= 0.6 is 0 Å². The van der Waals surface area contributed by atoms with Gasteiger partial charge in [0.15, 0.2) is 5.65 Å². The highest BCUT2D eigenvalue weighted by atomic mass is 16.1. The normalized spacial score (nSPS) is 19.5. The number of aromatic nitrogens is 3. The van der Waals surface area contributed by atoms with Gasteiger partial charge in [0.05, 0.1) is 16.6 Å². The second-order valence-electron chi connectivity index (χ2n) is 7.58. The Balaban J connectivity index is 1.59. The van der Waals surface area contributed by atoms with Crippen LogP contribution in [0, 0.1) is 6.92 Å². The molecule has 134 valence electrons. The predicted octanol–water partition coefficient (Wildman–Crippen LogP) is 2.37. The first-order valence-electron chi connectivity index (χ1n) is 9.41. The molecule has 0 bridgehead atoms. The first-order valence-corrected chi connectivity index (χ1v) is 9.41. The summed E-state index contributed by atoms with van der Waals surface area (Å²) >= 11 is 0. The Labute approximate surface area is 148 Å². The van der Waals surface area contributed by atoms with Gasteiger partial charge in [-0.3, -0.25) is 14.4 Å². The molecule has 0 unspecified atom stereocenters. The molecular formula is C19H27N5O. The number of carbonyl (C=O) groups is 1. The Morgan fingerprint density at radius 1 is 1.36 bits per heavy atom. The van der Waals surface area contributed by atoms with Gasteiger partial charge in [0.2, 0.25) is 0 Å². The lowest BCUT2D eigenvalue weighted by molar-refractivity contribution is 0.0942. The minimum absolute atomic E-state index is 0.00329. The third-order valence-electron chi connectivity index (χ3n) is 5.55. The molecule has 2 aromatic rings. The standard InChI is InChI=1S/C19H27N5O/c1-12(24-8-4-5-9-24)11-20-19(25)15-10-16(14-6-7-14)21-18-17(15)13(2)22-23(18)3/h10,12,14H,4-9,11H2,1-3H3,(H,20,25)/t12-/m0/s1. The van der Waals surface area contributed by atoms with Crippen LogP contribution in [-0.4, -0.2) is 51.2 Å². The third kappa shape index (κ3) is 3.15. The van der Waals surface area contributed by atoms with E-state index in [1.165, 1.54) is 25.7 Å². The van der Waals surface area contributed by atoms with Gasteiger partial charge in [-0.15, -0.1) is 0 Å². The van der Waals surface area contributed by atoms with Crippen molar-refractivity contribution in [2.45, 2.75) is 51.5 Å². The molecule has 1 aliphatic carbocycles. The summed E-state index contributed by atoms with van der Waals surface area (Å²) in [5.74, 6) is 0.506. The van der Waals surface area contributed by atoms with Gasteiger partial charge < -0.3 is 5.32 Å². The maximum Gasteiger partial charge on any atom is 0.252 e. The quantitative estimate of drug-likeness (QED) is 0.907. The van der Waals surface area contributed by atoms with Crippen molar-refractivity contribution in [2.75, 3.05) is 19.6 Å². The summed E-state index contributed by atoms with van der Waals surface area (Å²) in [5, 5.41) is 8.51. The van der Waals surface area contributed by atoms with Crippen molar-refractivity contribution in [1.82, 2.24) is 25.0 Å². The molecule has 0 spiro atoms. The van der Waals surface area contributed by atoms with E-state index in [2.05, 4.69) is 22.2 Å². The molecule has 2 aromatic heterocycles. The summed E-state index contributed by atoms with van der Waals surface area (Å²) in [6, 6.07) is 2.37. The summed E-state index contributed by atoms with van der Waals surface area (Å²) < 4.78 is 1.79. The fraction of sp³-hybridized carbons (Fsp3) is 0.632. The number of nitrogens with one attached hydrogen (secondary N) is 1. The number of nitrogens with zero attached hydrogens (tertiary/aromatic N) is 4. The van der Waals surface area contributed by atoms with E-state index in [1.807, 2.05) is 20.0 Å². The molecule has 1 saturated carbocycles. The molecule has 4 rings (SSSR count). The number of pyridine rings is 1. The van der Waals surface area contributed by atoms with E-state index < -0.39 is 0 Å². The molecule has 1 saturated heterocycles. The minimum atomic E-state index is -0.00329. The summed E-state index contributed by atoms with van der Waals surface area (Å²) in [4.78, 5) is 20.2. The molecular weight excluding hydrogens is 314 g/mol. The van der Waals surface area contributed by atoms with Crippen molar-refractivity contribution in [2.24, 2.45) is 7.05 Å². The van der Waals surface area contributed by atoms with Crippen LogP contribution in [0.2, 0.25) is 0 Å². The number of fused-ring (bicyclic) bond motifs is 1. The van der Waals surface area contributed by atoms with Crippen molar-refractivity contribution < 1.29 is 4.79 Å². The van der Waals surface area contributed by atoms with Gasteiger partial charge in [-0.05, 0) is 58.7 Å². The molecule has 3 heterocycles. The van der Waals surface area contributed by atoms with Gasteiger partial charge in [-0.2, -0.15) is 5.10 Å². The van der Waals surface area contributed by atoms with E-state index in [-0.39, 0.29) is 5.91 Å². The zero-order valence-corrected chi connectivity index (χ0v) is 15.4. The average Bonchev–Trinajstić information content (AvgIpc) is 3.23. The summed E-state index contributed by atoms with van der Waals surface area (Å²) in [6.07, 6.45) is 4.87. The number of hydrogen-bond acceptors (Lipinski definition) is 4. The zero-order valence-electron chi connectivity index (χ0n) is 15.4. The zero-order chi connectivity index (χ0) is 17.6. The monoisotopic (exact) mass is 341 g/mol. The van der Waals surface area contributed by atoms with Gasteiger partial charge >= 0.3 is 0 Å². The van der Waals surface area contributed by atoms with Crippen molar-refractivity contribution in [3.63, 3.8) is 0 Å². The molecule has 2 fully saturated rings. The third-order valence-corrected chi connectivity index (χ3v) is 5.55. The number of hydrogen-bond donors (Lipinski definition) is 1. The maximum absolute atomic E-state index is 12.9. The van der Waals surface area contributed by atoms with Crippen LogP contribution in [0.1, 0.15) is 60.3 Å².